The zero-order chi connectivity index (χ0) is 77.4. The van der Waals surface area contributed by atoms with Gasteiger partial charge in [0.25, 0.3) is 0 Å². The van der Waals surface area contributed by atoms with Crippen LogP contribution in [-0.4, -0.2) is 96.7 Å². The van der Waals surface area contributed by atoms with Crippen LogP contribution in [0.5, 0.6) is 0 Å². The molecule has 0 aliphatic heterocycles. The lowest BCUT2D eigenvalue weighted by Crippen LogP contribution is -2.30. The van der Waals surface area contributed by atoms with E-state index in [1.807, 2.05) is 18.2 Å². The van der Waals surface area contributed by atoms with Gasteiger partial charge >= 0.3 is 39.5 Å². The van der Waals surface area contributed by atoms with E-state index in [1.54, 1.807) is 0 Å². The number of rotatable bonds is 75. The first-order valence-corrected chi connectivity index (χ1v) is 43.7. The number of carbonyl (C=O) groups excluding carboxylic acids is 4. The summed E-state index contributed by atoms with van der Waals surface area (Å²) in [7, 11) is -10.00. The summed E-state index contributed by atoms with van der Waals surface area (Å²) >= 11 is 0. The van der Waals surface area contributed by atoms with Gasteiger partial charge in [-0.2, -0.15) is 0 Å². The van der Waals surface area contributed by atoms with Gasteiger partial charge < -0.3 is 33.8 Å². The summed E-state index contributed by atoms with van der Waals surface area (Å²) in [5, 5.41) is 10.7. The number of carbonyl (C=O) groups is 4. The van der Waals surface area contributed by atoms with E-state index in [1.165, 1.54) is 51.4 Å². The van der Waals surface area contributed by atoms with Crippen LogP contribution in [0.15, 0.2) is 158 Å². The van der Waals surface area contributed by atoms with Crippen molar-refractivity contribution in [2.75, 3.05) is 39.6 Å². The third-order valence-corrected chi connectivity index (χ3v) is 18.4. The Labute approximate surface area is 642 Å². The molecular weight excluding hydrogens is 1380 g/mol. The summed E-state index contributed by atoms with van der Waals surface area (Å²) in [5.74, 6) is -2.31. The fraction of sp³-hybridized carbons (Fsp3) is 0.655. The van der Waals surface area contributed by atoms with Crippen molar-refractivity contribution in [2.45, 2.75) is 329 Å². The van der Waals surface area contributed by atoms with E-state index in [9.17, 15) is 43.2 Å². The third kappa shape index (κ3) is 76.9. The van der Waals surface area contributed by atoms with E-state index in [0.29, 0.717) is 32.1 Å². The minimum Gasteiger partial charge on any atom is -0.462 e. The zero-order valence-corrected chi connectivity index (χ0v) is 67.8. The summed E-state index contributed by atoms with van der Waals surface area (Å²) in [5.41, 5.74) is 0. The van der Waals surface area contributed by atoms with Crippen molar-refractivity contribution in [1.82, 2.24) is 0 Å². The number of allylic oxidation sites excluding steroid dienone is 26. The highest BCUT2D eigenvalue weighted by Gasteiger charge is 2.30. The molecule has 0 aliphatic rings. The molecular formula is C87H144O17P2. The van der Waals surface area contributed by atoms with Crippen LogP contribution >= 0.6 is 15.6 Å². The number of ether oxygens (including phenoxy) is 4. The van der Waals surface area contributed by atoms with Crippen LogP contribution in [-0.2, 0) is 65.4 Å². The van der Waals surface area contributed by atoms with Crippen molar-refractivity contribution in [2.24, 2.45) is 0 Å². The van der Waals surface area contributed by atoms with E-state index in [0.717, 1.165) is 173 Å². The number of aliphatic hydroxyl groups excluding tert-OH is 1. The Morgan fingerprint density at radius 1 is 0.274 bits per heavy atom. The Kier molecular flexibility index (Phi) is 73.9. The largest absolute Gasteiger partial charge is 0.472 e. The lowest BCUT2D eigenvalue weighted by molar-refractivity contribution is -0.161. The van der Waals surface area contributed by atoms with E-state index in [2.05, 4.69) is 167 Å². The Bertz CT molecular complexity index is 2630. The molecule has 3 N–H and O–H groups in total. The Hall–Kier alpha value is -5.32. The molecule has 106 heavy (non-hydrogen) atoms. The standard InChI is InChI=1S/C87H144O17P2/c1-5-9-13-17-21-25-29-33-36-39-40-43-45-49-52-56-60-64-68-72-85(90)97-77-82(103-86(91)73-69-65-61-57-53-47-32-28-24-20-16-12-8-4)79-101-105(93,94)99-75-81(88)76-100-106(95,96)102-80-83(104-87(92)74-70-66-62-58-54-50-46-42-38-35-31-27-23-19-15-11-7-3)78-98-84(89)71-67-63-59-55-51-48-44-41-37-34-30-26-22-18-14-10-6-2/h9-11,13-15,21-23,25-27,33-38,40,43-44,48-49,52,60,64,81-83,88H,5-8,12,16-20,24,28-32,39,41-42,45-47,50-51,53-59,61-63,65-80H2,1-4H3,(H,93,94)(H,95,96)/b13-9-,14-10-,15-11-,25-21-,26-22-,27-23-,36-33-,37-34-,38-35-,43-40-,48-44-,52-49-,64-60-. The fourth-order valence-corrected chi connectivity index (χ4v) is 12.0. The molecule has 0 radical (unpaired) electrons. The molecule has 604 valence electrons. The summed E-state index contributed by atoms with van der Waals surface area (Å²) in [6.45, 7) is 4.42. The van der Waals surface area contributed by atoms with Crippen LogP contribution < -0.4 is 0 Å². The van der Waals surface area contributed by atoms with Crippen LogP contribution in [0.4, 0.5) is 0 Å². The number of unbranched alkanes of at least 4 members (excludes halogenated alkanes) is 23. The number of phosphoric acid groups is 2. The van der Waals surface area contributed by atoms with Gasteiger partial charge in [-0.25, -0.2) is 9.13 Å². The van der Waals surface area contributed by atoms with Gasteiger partial charge in [-0.05, 0) is 135 Å². The van der Waals surface area contributed by atoms with Crippen molar-refractivity contribution in [3.63, 3.8) is 0 Å². The minimum absolute atomic E-state index is 0.0335. The summed E-state index contributed by atoms with van der Waals surface area (Å²) in [4.78, 5) is 73.1. The maximum Gasteiger partial charge on any atom is 0.472 e. The molecule has 0 spiro atoms. The second-order valence-corrected chi connectivity index (χ2v) is 29.5. The number of esters is 4. The van der Waals surface area contributed by atoms with Gasteiger partial charge in [0, 0.05) is 25.7 Å². The lowest BCUT2D eigenvalue weighted by atomic mass is 10.0. The van der Waals surface area contributed by atoms with Gasteiger partial charge in [0.05, 0.1) is 26.4 Å². The van der Waals surface area contributed by atoms with Gasteiger partial charge in [0.2, 0.25) is 0 Å². The maximum atomic E-state index is 13.1. The molecule has 5 atom stereocenters. The smallest absolute Gasteiger partial charge is 0.462 e. The van der Waals surface area contributed by atoms with E-state index in [-0.39, 0.29) is 25.7 Å². The van der Waals surface area contributed by atoms with Gasteiger partial charge in [0.1, 0.15) is 19.3 Å². The molecule has 0 amide bonds. The van der Waals surface area contributed by atoms with Crippen LogP contribution in [0.1, 0.15) is 310 Å². The van der Waals surface area contributed by atoms with Crippen molar-refractivity contribution in [3.05, 3.63) is 158 Å². The molecule has 0 aromatic carbocycles. The molecule has 19 heteroatoms. The van der Waals surface area contributed by atoms with Crippen molar-refractivity contribution in [1.29, 1.82) is 0 Å². The Morgan fingerprint density at radius 2 is 0.509 bits per heavy atom. The molecule has 0 aromatic rings. The molecule has 0 fully saturated rings. The number of hydrogen-bond acceptors (Lipinski definition) is 15. The first-order valence-electron chi connectivity index (χ1n) is 40.7. The molecule has 0 saturated carbocycles. The molecule has 0 aliphatic carbocycles. The van der Waals surface area contributed by atoms with Gasteiger partial charge in [0.15, 0.2) is 12.2 Å². The average molecular weight is 1520 g/mol. The summed E-state index contributed by atoms with van der Waals surface area (Å²) < 4.78 is 68.6. The van der Waals surface area contributed by atoms with Crippen LogP contribution in [0.2, 0.25) is 0 Å². The number of hydrogen-bond donors (Lipinski definition) is 3. The van der Waals surface area contributed by atoms with Gasteiger partial charge in [-0.15, -0.1) is 0 Å². The normalized spacial score (nSPS) is 14.7. The fourth-order valence-electron chi connectivity index (χ4n) is 10.4. The molecule has 17 nitrogen and oxygen atoms in total. The maximum absolute atomic E-state index is 13.1. The van der Waals surface area contributed by atoms with Crippen molar-refractivity contribution >= 4 is 39.5 Å². The van der Waals surface area contributed by atoms with Crippen LogP contribution in [0, 0.1) is 0 Å². The Balaban J connectivity index is 5.45. The second kappa shape index (κ2) is 77.8. The highest BCUT2D eigenvalue weighted by atomic mass is 31.2. The highest BCUT2D eigenvalue weighted by Crippen LogP contribution is 2.45. The second-order valence-electron chi connectivity index (χ2n) is 26.6. The summed E-state index contributed by atoms with van der Waals surface area (Å²) in [6, 6.07) is 0. The minimum atomic E-state index is -5.00. The number of phosphoric ester groups is 2. The average Bonchev–Trinajstić information content (AvgIpc) is 0.900. The van der Waals surface area contributed by atoms with E-state index >= 15 is 0 Å². The van der Waals surface area contributed by atoms with E-state index < -0.39 is 97.5 Å². The predicted octanol–water partition coefficient (Wildman–Crippen LogP) is 24.0. The summed E-state index contributed by atoms with van der Waals surface area (Å²) in [6.07, 6.45) is 90.9. The highest BCUT2D eigenvalue weighted by molar-refractivity contribution is 7.47. The molecule has 0 rings (SSSR count). The van der Waals surface area contributed by atoms with Crippen molar-refractivity contribution in [3.8, 4) is 0 Å². The first-order chi connectivity index (χ1) is 51.7. The molecule has 0 bridgehead atoms. The Morgan fingerprint density at radius 3 is 0.811 bits per heavy atom. The van der Waals surface area contributed by atoms with Crippen LogP contribution in [0.25, 0.3) is 0 Å². The first kappa shape index (κ1) is 101. The van der Waals surface area contributed by atoms with Crippen LogP contribution in [0.3, 0.4) is 0 Å². The molecule has 0 aromatic heterocycles. The molecule has 0 heterocycles. The van der Waals surface area contributed by atoms with Crippen molar-refractivity contribution < 1.29 is 80.2 Å². The predicted molar refractivity (Wildman–Crippen MR) is 436 cm³/mol. The molecule has 0 saturated heterocycles. The van der Waals surface area contributed by atoms with Gasteiger partial charge in [-0.1, -0.05) is 308 Å². The van der Waals surface area contributed by atoms with Gasteiger partial charge in [-0.3, -0.25) is 37.3 Å². The number of aliphatic hydroxyl groups is 1. The molecule has 5 unspecified atom stereocenters. The van der Waals surface area contributed by atoms with E-state index in [4.69, 9.17) is 37.0 Å². The quantitative estimate of drug-likeness (QED) is 0.0169. The lowest BCUT2D eigenvalue weighted by Gasteiger charge is -2.21. The third-order valence-electron chi connectivity index (χ3n) is 16.5. The topological polar surface area (TPSA) is 237 Å². The monoisotopic (exact) mass is 1520 g/mol. The SMILES string of the molecule is CC/C=C\C/C=C\C/C=C\C/C=C\C/C=C\C/C=C\CCC(=O)OCC(COP(=O)(O)OCC(O)COP(=O)(O)OCC(COC(=O)CCCCCC/C=C\C/C=C\C/C=C\C/C=C\CC)OC(=O)CCCCCCCCC/C=C\C/C=C\C/C=C\CC)OC(=O)CCCCCCCCCCCCCCC. The zero-order valence-electron chi connectivity index (χ0n) is 66.1.